The Morgan fingerprint density at radius 2 is 2.15 bits per heavy atom. The smallest absolute Gasteiger partial charge is 0.173 e. The predicted octanol–water partition coefficient (Wildman–Crippen LogP) is 2.16. The van der Waals surface area contributed by atoms with E-state index < -0.39 is 6.04 Å². The minimum absolute atomic E-state index is 0.164. The van der Waals surface area contributed by atoms with Crippen LogP contribution < -0.4 is 0 Å². The highest BCUT2D eigenvalue weighted by atomic mass is 32.2. The Hall–Kier alpha value is -1.85. The molecule has 102 valence electrons. The number of carbonyl (C=O) groups is 1. The van der Waals surface area contributed by atoms with Crippen molar-refractivity contribution in [1.82, 2.24) is 4.90 Å². The predicted molar refractivity (Wildman–Crippen MR) is 81.0 cm³/mol. The lowest BCUT2D eigenvalue weighted by molar-refractivity contribution is -0.109. The third kappa shape index (κ3) is 2.09. The Labute approximate surface area is 121 Å². The molecule has 0 amide bonds. The molecule has 1 N–H and O–H groups in total. The van der Waals surface area contributed by atoms with Crippen LogP contribution in [0.25, 0.3) is 5.70 Å². The maximum Gasteiger partial charge on any atom is 0.173 e. The fraction of sp³-hybridized carbons (Fsp3) is 0.200. The molecule has 4 nitrogen and oxygen atoms in total. The van der Waals surface area contributed by atoms with Gasteiger partial charge in [-0.25, -0.2) is 4.99 Å². The number of thioether (sulfide) groups is 1. The van der Waals surface area contributed by atoms with Crippen LogP contribution in [0.3, 0.4) is 0 Å². The lowest BCUT2D eigenvalue weighted by Gasteiger charge is -2.31. The third-order valence-electron chi connectivity index (χ3n) is 3.40. The molecule has 0 radical (unpaired) electrons. The zero-order chi connectivity index (χ0) is 14.1. The number of aldehydes is 1. The Balaban J connectivity index is 1.99. The van der Waals surface area contributed by atoms with Gasteiger partial charge in [-0.1, -0.05) is 41.6 Å². The van der Waals surface area contributed by atoms with E-state index in [1.807, 2.05) is 41.5 Å². The Morgan fingerprint density at radius 3 is 2.80 bits per heavy atom. The molecule has 0 aliphatic carbocycles. The molecule has 3 rings (SSSR count). The number of hydrogen-bond acceptors (Lipinski definition) is 5. The van der Waals surface area contributed by atoms with E-state index in [0.717, 1.165) is 22.7 Å². The van der Waals surface area contributed by atoms with Crippen LogP contribution in [-0.2, 0) is 4.79 Å². The molecule has 1 atom stereocenters. The van der Waals surface area contributed by atoms with Gasteiger partial charge in [0.25, 0.3) is 0 Å². The lowest BCUT2D eigenvalue weighted by Crippen LogP contribution is -2.40. The highest BCUT2D eigenvalue weighted by Crippen LogP contribution is 2.38. The summed E-state index contributed by atoms with van der Waals surface area (Å²) in [5, 5.41) is 12.1. The van der Waals surface area contributed by atoms with E-state index in [1.54, 1.807) is 6.20 Å². The fourth-order valence-corrected chi connectivity index (χ4v) is 3.19. The van der Waals surface area contributed by atoms with Gasteiger partial charge in [0.1, 0.15) is 12.3 Å². The minimum Gasteiger partial charge on any atom is -0.392 e. The van der Waals surface area contributed by atoms with Crippen LogP contribution in [0.2, 0.25) is 0 Å². The number of aryl methyl sites for hydroxylation is 1. The van der Waals surface area contributed by atoms with Crippen molar-refractivity contribution < 1.29 is 9.90 Å². The zero-order valence-corrected chi connectivity index (χ0v) is 11.8. The van der Waals surface area contributed by atoms with Crippen LogP contribution in [0.4, 0.5) is 0 Å². The number of fused-ring (bicyclic) bond motifs is 1. The summed E-state index contributed by atoms with van der Waals surface area (Å²) in [6.07, 6.45) is 2.44. The van der Waals surface area contributed by atoms with Crippen molar-refractivity contribution in [3.63, 3.8) is 0 Å². The molecule has 2 aliphatic rings. The van der Waals surface area contributed by atoms with Gasteiger partial charge in [-0.05, 0) is 12.5 Å². The second-order valence-electron chi connectivity index (χ2n) is 4.71. The van der Waals surface area contributed by atoms with Crippen molar-refractivity contribution in [3.05, 3.63) is 52.6 Å². The first-order valence-electron chi connectivity index (χ1n) is 6.30. The number of carbonyl (C=O) groups excluding carboxylic acids is 1. The van der Waals surface area contributed by atoms with E-state index in [2.05, 4.69) is 4.99 Å². The van der Waals surface area contributed by atoms with Gasteiger partial charge in [0, 0.05) is 17.2 Å². The molecular formula is C15H14N2O2S. The van der Waals surface area contributed by atoms with E-state index in [1.165, 1.54) is 17.3 Å². The van der Waals surface area contributed by atoms with Crippen molar-refractivity contribution in [2.75, 3.05) is 6.61 Å². The summed E-state index contributed by atoms with van der Waals surface area (Å²) < 4.78 is 0. The maximum absolute atomic E-state index is 11.4. The fourth-order valence-electron chi connectivity index (χ4n) is 2.28. The summed E-state index contributed by atoms with van der Waals surface area (Å²) in [5.74, 6) is 0. The van der Waals surface area contributed by atoms with Crippen LogP contribution in [0.5, 0.6) is 0 Å². The number of aliphatic hydroxyl groups is 1. The number of aliphatic imine (C=N–C) groups is 1. The summed E-state index contributed by atoms with van der Waals surface area (Å²) in [5.41, 5.74) is 3.80. The molecule has 1 aromatic carbocycles. The van der Waals surface area contributed by atoms with Crippen molar-refractivity contribution in [2.24, 2.45) is 4.99 Å². The second-order valence-corrected chi connectivity index (χ2v) is 5.55. The van der Waals surface area contributed by atoms with E-state index >= 15 is 0 Å². The van der Waals surface area contributed by atoms with Crippen molar-refractivity contribution >= 4 is 28.9 Å². The number of benzene rings is 1. The van der Waals surface area contributed by atoms with Crippen LogP contribution in [0.15, 0.2) is 46.4 Å². The van der Waals surface area contributed by atoms with Gasteiger partial charge in [0.2, 0.25) is 0 Å². The average molecular weight is 286 g/mol. The molecule has 5 heteroatoms. The zero-order valence-electron chi connectivity index (χ0n) is 11.0. The van der Waals surface area contributed by atoms with Crippen molar-refractivity contribution in [1.29, 1.82) is 0 Å². The molecule has 0 aromatic heterocycles. The molecule has 1 unspecified atom stereocenters. The molecule has 0 bridgehead atoms. The largest absolute Gasteiger partial charge is 0.392 e. The van der Waals surface area contributed by atoms with Crippen LogP contribution in [0, 0.1) is 6.92 Å². The van der Waals surface area contributed by atoms with Gasteiger partial charge >= 0.3 is 0 Å². The first kappa shape index (κ1) is 13.1. The number of nitrogens with zero attached hydrogens (tertiary/aromatic N) is 2. The topological polar surface area (TPSA) is 52.9 Å². The van der Waals surface area contributed by atoms with E-state index in [0.29, 0.717) is 5.57 Å². The average Bonchev–Trinajstić information content (AvgIpc) is 2.91. The van der Waals surface area contributed by atoms with Crippen molar-refractivity contribution in [2.45, 2.75) is 13.0 Å². The number of rotatable bonds is 3. The number of amidine groups is 1. The SMILES string of the molecule is Cc1ccc(C2=CSC3=NC=C(CO)C(C=O)N23)cc1. The molecule has 0 saturated carbocycles. The maximum atomic E-state index is 11.4. The first-order valence-corrected chi connectivity index (χ1v) is 7.18. The molecular weight excluding hydrogens is 272 g/mol. The highest BCUT2D eigenvalue weighted by Gasteiger charge is 2.34. The summed E-state index contributed by atoms with van der Waals surface area (Å²) in [7, 11) is 0. The molecule has 2 aliphatic heterocycles. The molecule has 0 fully saturated rings. The monoisotopic (exact) mass is 286 g/mol. The first-order chi connectivity index (χ1) is 9.74. The van der Waals surface area contributed by atoms with Crippen LogP contribution >= 0.6 is 11.8 Å². The van der Waals surface area contributed by atoms with Crippen LogP contribution in [-0.4, -0.2) is 34.1 Å². The molecule has 20 heavy (non-hydrogen) atoms. The van der Waals surface area contributed by atoms with Gasteiger partial charge in [-0.15, -0.1) is 0 Å². The standard InChI is InChI=1S/C15H14N2O2S/c1-10-2-4-11(5-3-10)14-9-20-15-16-6-12(7-18)13(8-19)17(14)15/h2-6,8-9,13,18H,7H2,1H3. The summed E-state index contributed by atoms with van der Waals surface area (Å²) >= 11 is 1.49. The van der Waals surface area contributed by atoms with Gasteiger partial charge in [-0.3, -0.25) is 0 Å². The second kappa shape index (κ2) is 5.26. The van der Waals surface area contributed by atoms with Gasteiger partial charge < -0.3 is 14.8 Å². The summed E-state index contributed by atoms with van der Waals surface area (Å²) in [6, 6.07) is 7.67. The quantitative estimate of drug-likeness (QED) is 0.865. The minimum atomic E-state index is -0.477. The van der Waals surface area contributed by atoms with Gasteiger partial charge in [0.05, 0.1) is 12.3 Å². The van der Waals surface area contributed by atoms with E-state index in [4.69, 9.17) is 0 Å². The molecule has 0 spiro atoms. The summed E-state index contributed by atoms with van der Waals surface area (Å²) in [4.78, 5) is 17.6. The molecule has 2 heterocycles. The van der Waals surface area contributed by atoms with Crippen molar-refractivity contribution in [3.8, 4) is 0 Å². The Morgan fingerprint density at radius 1 is 1.40 bits per heavy atom. The normalized spacial score (nSPS) is 21.0. The van der Waals surface area contributed by atoms with Gasteiger partial charge in [0.15, 0.2) is 5.17 Å². The van der Waals surface area contributed by atoms with Gasteiger partial charge in [-0.2, -0.15) is 0 Å². The number of hydrogen-bond donors (Lipinski definition) is 1. The van der Waals surface area contributed by atoms with E-state index in [-0.39, 0.29) is 6.61 Å². The Bertz CT molecular complexity index is 632. The lowest BCUT2D eigenvalue weighted by atomic mass is 10.0. The molecule has 1 aromatic rings. The van der Waals surface area contributed by atoms with E-state index in [9.17, 15) is 9.90 Å². The third-order valence-corrected chi connectivity index (χ3v) is 4.25. The van der Waals surface area contributed by atoms with Crippen LogP contribution in [0.1, 0.15) is 11.1 Å². The Kier molecular flexibility index (Phi) is 3.46. The summed E-state index contributed by atoms with van der Waals surface area (Å²) in [6.45, 7) is 1.87. The molecule has 0 saturated heterocycles. The number of aliphatic hydroxyl groups excluding tert-OH is 1. The highest BCUT2D eigenvalue weighted by molar-refractivity contribution is 8.16.